The van der Waals surface area contributed by atoms with Gasteiger partial charge in [-0.2, -0.15) is 0 Å². The van der Waals surface area contributed by atoms with Gasteiger partial charge in [0.25, 0.3) is 0 Å². The van der Waals surface area contributed by atoms with E-state index in [-0.39, 0.29) is 34.1 Å². The summed E-state index contributed by atoms with van der Waals surface area (Å²) in [6.07, 6.45) is 8.09. The molecule has 4 aromatic rings. The number of pyridine rings is 2. The van der Waals surface area contributed by atoms with Crippen LogP contribution >= 0.6 is 0 Å². The summed E-state index contributed by atoms with van der Waals surface area (Å²) in [7, 11) is 0. The van der Waals surface area contributed by atoms with Gasteiger partial charge in [0.1, 0.15) is 0 Å². The first-order valence-electron chi connectivity index (χ1n) is 11.1. The van der Waals surface area contributed by atoms with Crippen LogP contribution in [-0.4, -0.2) is 22.4 Å². The van der Waals surface area contributed by atoms with Gasteiger partial charge in [0.05, 0.1) is 35.2 Å². The Morgan fingerprint density at radius 1 is 0.600 bits per heavy atom. The molecule has 2 aromatic carbocycles. The molecule has 0 spiro atoms. The smallest absolute Gasteiger partial charge is 0.0812 e. The fraction of sp³-hybridized carbons (Fsp3) is 0.172. The van der Waals surface area contributed by atoms with Crippen LogP contribution < -0.4 is 0 Å². The third-order valence-corrected chi connectivity index (χ3v) is 5.54. The average Bonchev–Trinajstić information content (AvgIpc) is 2.79. The number of aliphatic imine (C=N–C) groups is 2. The molecule has 0 aliphatic carbocycles. The first-order chi connectivity index (χ1) is 16.0. The van der Waals surface area contributed by atoms with Crippen molar-refractivity contribution in [2.24, 2.45) is 9.98 Å². The Labute approximate surface area is 229 Å². The second kappa shape index (κ2) is 13.3. The van der Waals surface area contributed by atoms with Crippen LogP contribution in [0.5, 0.6) is 0 Å². The molecule has 0 saturated carbocycles. The van der Waals surface area contributed by atoms with Gasteiger partial charge in [-0.15, -0.1) is 0 Å². The molecule has 2 heterocycles. The minimum Gasteiger partial charge on any atom is -0.255 e. The summed E-state index contributed by atoms with van der Waals surface area (Å²) in [6.45, 7) is 8.47. The fourth-order valence-corrected chi connectivity index (χ4v) is 4.10. The molecule has 4 nitrogen and oxygen atoms in total. The van der Waals surface area contributed by atoms with Crippen molar-refractivity contribution in [2.45, 2.75) is 34.1 Å². The van der Waals surface area contributed by atoms with Gasteiger partial charge < -0.3 is 0 Å². The van der Waals surface area contributed by atoms with E-state index in [1.807, 2.05) is 48.8 Å². The Kier molecular flexibility index (Phi) is 10.8. The molecule has 0 atom stereocenters. The Hall–Kier alpha value is -2.88. The van der Waals surface area contributed by atoms with Crippen molar-refractivity contribution in [3.8, 4) is 0 Å². The number of hydrogen-bond donors (Lipinski definition) is 0. The van der Waals surface area contributed by atoms with Crippen molar-refractivity contribution >= 4 is 23.8 Å². The van der Waals surface area contributed by atoms with Crippen molar-refractivity contribution in [2.75, 3.05) is 0 Å². The Bertz CT molecular complexity index is 1170. The van der Waals surface area contributed by atoms with Crippen LogP contribution in [0.4, 0.5) is 11.4 Å². The maximum atomic E-state index is 4.70. The minimum atomic E-state index is 0. The second-order valence-electron chi connectivity index (χ2n) is 8.36. The third kappa shape index (κ3) is 7.55. The molecule has 6 heteroatoms. The zero-order chi connectivity index (χ0) is 23.2. The van der Waals surface area contributed by atoms with E-state index >= 15 is 0 Å². The van der Waals surface area contributed by atoms with E-state index in [4.69, 9.17) is 9.98 Å². The van der Waals surface area contributed by atoms with E-state index in [0.29, 0.717) is 0 Å². The van der Waals surface area contributed by atoms with Crippen LogP contribution in [0.25, 0.3) is 0 Å². The van der Waals surface area contributed by atoms with Gasteiger partial charge in [-0.05, 0) is 91.8 Å². The van der Waals surface area contributed by atoms with Crippen molar-refractivity contribution in [3.05, 3.63) is 118 Å². The molecule has 186 valence electrons. The molecular formula is C29H28Cu2N4. The van der Waals surface area contributed by atoms with Gasteiger partial charge in [-0.1, -0.05) is 36.4 Å². The van der Waals surface area contributed by atoms with Crippen LogP contribution in [0.1, 0.15) is 44.8 Å². The standard InChI is InChI=1S/C29H28N4.2Cu/c1-20-13-24(14-21(2)28(20)32-18-26-9-5-7-11-30-26)17-25-15-22(3)29(23(4)16-25)33-19-27-10-6-8-12-31-27;;/h5-16,18-19H,17H2,1-4H3;;. The van der Waals surface area contributed by atoms with Crippen molar-refractivity contribution in [1.29, 1.82) is 0 Å². The van der Waals surface area contributed by atoms with Gasteiger partial charge in [0.15, 0.2) is 0 Å². The first-order valence-corrected chi connectivity index (χ1v) is 11.1. The minimum absolute atomic E-state index is 0. The summed E-state index contributed by atoms with van der Waals surface area (Å²) >= 11 is 0. The average molecular weight is 560 g/mol. The zero-order valence-electron chi connectivity index (χ0n) is 20.2. The van der Waals surface area contributed by atoms with Crippen LogP contribution in [0, 0.1) is 27.7 Å². The Balaban J connectivity index is 0.00000216. The topological polar surface area (TPSA) is 50.5 Å². The summed E-state index contributed by atoms with van der Waals surface area (Å²) in [4.78, 5) is 18.0. The molecule has 35 heavy (non-hydrogen) atoms. The summed E-state index contributed by atoms with van der Waals surface area (Å²) in [5.41, 5.74) is 11.0. The number of rotatable bonds is 6. The Morgan fingerprint density at radius 3 is 1.29 bits per heavy atom. The number of hydrogen-bond acceptors (Lipinski definition) is 4. The molecule has 0 aliphatic heterocycles. The maximum absolute atomic E-state index is 4.70. The first kappa shape index (κ1) is 28.4. The van der Waals surface area contributed by atoms with Crippen LogP contribution in [0.2, 0.25) is 0 Å². The summed E-state index contributed by atoms with van der Waals surface area (Å²) < 4.78 is 0. The molecule has 4 rings (SSSR count). The van der Waals surface area contributed by atoms with Crippen LogP contribution in [0.3, 0.4) is 0 Å². The zero-order valence-corrected chi connectivity index (χ0v) is 22.1. The number of aryl methyl sites for hydroxylation is 4. The quantitative estimate of drug-likeness (QED) is 0.193. The van der Waals surface area contributed by atoms with Gasteiger partial charge in [0.2, 0.25) is 0 Å². The summed E-state index contributed by atoms with van der Waals surface area (Å²) in [6, 6.07) is 20.6. The van der Waals surface area contributed by atoms with E-state index in [0.717, 1.165) is 29.2 Å². The molecule has 0 fully saturated rings. The summed E-state index contributed by atoms with van der Waals surface area (Å²) in [5, 5.41) is 0. The molecule has 0 saturated heterocycles. The van der Waals surface area contributed by atoms with E-state index in [1.165, 1.54) is 33.4 Å². The normalized spacial score (nSPS) is 10.9. The van der Waals surface area contributed by atoms with Gasteiger partial charge >= 0.3 is 0 Å². The maximum Gasteiger partial charge on any atom is 0.0812 e. The molecule has 0 amide bonds. The molecule has 2 aromatic heterocycles. The Morgan fingerprint density at radius 2 is 0.971 bits per heavy atom. The molecule has 0 bridgehead atoms. The molecule has 0 N–H and O–H groups in total. The van der Waals surface area contributed by atoms with Crippen molar-refractivity contribution < 1.29 is 34.1 Å². The largest absolute Gasteiger partial charge is 0.255 e. The predicted octanol–water partition coefficient (Wildman–Crippen LogP) is 6.80. The van der Waals surface area contributed by atoms with E-state index in [1.54, 1.807) is 12.4 Å². The van der Waals surface area contributed by atoms with E-state index in [9.17, 15) is 0 Å². The van der Waals surface area contributed by atoms with Gasteiger partial charge in [-0.25, -0.2) is 0 Å². The second-order valence-corrected chi connectivity index (χ2v) is 8.36. The molecule has 0 unspecified atom stereocenters. The van der Waals surface area contributed by atoms with Crippen molar-refractivity contribution in [1.82, 2.24) is 9.97 Å². The van der Waals surface area contributed by atoms with Crippen LogP contribution in [0.15, 0.2) is 83.0 Å². The molecule has 0 aliphatic rings. The van der Waals surface area contributed by atoms with E-state index < -0.39 is 0 Å². The van der Waals surface area contributed by atoms with Crippen molar-refractivity contribution in [3.63, 3.8) is 0 Å². The SMILES string of the molecule is Cc1cc(Cc2cc(C)c(N=Cc3ccccn3)c(C)c2)cc(C)c1N=Cc1ccccn1.[Cu].[Cu]. The molecular weight excluding hydrogens is 531 g/mol. The monoisotopic (exact) mass is 558 g/mol. The van der Waals surface area contributed by atoms with Gasteiger partial charge in [0, 0.05) is 46.5 Å². The number of nitrogens with zero attached hydrogens (tertiary/aromatic N) is 4. The number of aromatic nitrogens is 2. The molecule has 2 radical (unpaired) electrons. The number of benzene rings is 2. The third-order valence-electron chi connectivity index (χ3n) is 5.54. The van der Waals surface area contributed by atoms with Gasteiger partial charge in [-0.3, -0.25) is 20.0 Å². The summed E-state index contributed by atoms with van der Waals surface area (Å²) in [5.74, 6) is 0. The fourth-order valence-electron chi connectivity index (χ4n) is 4.10. The predicted molar refractivity (Wildman–Crippen MR) is 138 cm³/mol. The van der Waals surface area contributed by atoms with Crippen LogP contribution in [-0.2, 0) is 40.6 Å². The van der Waals surface area contributed by atoms with E-state index in [2.05, 4.69) is 61.9 Å².